The van der Waals surface area contributed by atoms with Gasteiger partial charge in [0.15, 0.2) is 5.78 Å². The van der Waals surface area contributed by atoms with Crippen LogP contribution < -0.4 is 0 Å². The van der Waals surface area contributed by atoms with Gasteiger partial charge in [-0.15, -0.1) is 0 Å². The molecule has 0 amide bonds. The van der Waals surface area contributed by atoms with E-state index >= 15 is 0 Å². The average Bonchev–Trinajstić information content (AvgIpc) is 1.83. The fraction of sp³-hybridized carbons (Fsp3) is 0.500. The van der Waals surface area contributed by atoms with Crippen molar-refractivity contribution in [3.05, 3.63) is 12.7 Å². The zero-order chi connectivity index (χ0) is 6.41. The first-order chi connectivity index (χ1) is 3.81. The van der Waals surface area contributed by atoms with Crippen molar-refractivity contribution in [3.8, 4) is 0 Å². The van der Waals surface area contributed by atoms with Gasteiger partial charge in [0.05, 0.1) is 0 Å². The largest absolute Gasteiger partial charge is 0.295 e. The van der Waals surface area contributed by atoms with Gasteiger partial charge in [0, 0.05) is 16.7 Å². The van der Waals surface area contributed by atoms with E-state index in [1.54, 1.807) is 0 Å². The van der Waals surface area contributed by atoms with Crippen LogP contribution in [-0.4, -0.2) is 16.0 Å². The monoisotopic (exact) mass is 128 g/mol. The standard InChI is InChI=1S/C6H12OSi/c1-2-6(7)4-3-5-8/h2H,1,3-5H2,8H3. The number of ketones is 1. The molecule has 0 aromatic heterocycles. The summed E-state index contributed by atoms with van der Waals surface area (Å²) >= 11 is 0. The van der Waals surface area contributed by atoms with Crippen LogP contribution in [0.25, 0.3) is 0 Å². The third kappa shape index (κ3) is 3.80. The summed E-state index contributed by atoms with van der Waals surface area (Å²) in [5, 5.41) is 0. The second-order valence-corrected chi connectivity index (χ2v) is 2.77. The Morgan fingerprint density at radius 2 is 2.38 bits per heavy atom. The molecule has 0 heterocycles. The molecule has 0 bridgehead atoms. The first-order valence-electron chi connectivity index (χ1n) is 2.96. The van der Waals surface area contributed by atoms with Gasteiger partial charge in [0.1, 0.15) is 0 Å². The van der Waals surface area contributed by atoms with Crippen molar-refractivity contribution in [2.45, 2.75) is 18.9 Å². The molecule has 1 nitrogen and oxygen atoms in total. The summed E-state index contributed by atoms with van der Waals surface area (Å²) in [5.74, 6) is 0.181. The van der Waals surface area contributed by atoms with Gasteiger partial charge in [-0.05, 0) is 12.5 Å². The van der Waals surface area contributed by atoms with Crippen LogP contribution in [-0.2, 0) is 4.79 Å². The van der Waals surface area contributed by atoms with Gasteiger partial charge in [-0.3, -0.25) is 4.79 Å². The van der Waals surface area contributed by atoms with Crippen LogP contribution >= 0.6 is 0 Å². The maximum atomic E-state index is 10.5. The Morgan fingerprint density at radius 3 is 2.75 bits per heavy atom. The zero-order valence-electron chi connectivity index (χ0n) is 5.31. The Bertz CT molecular complexity index is 88.5. The van der Waals surface area contributed by atoms with Crippen molar-refractivity contribution >= 4 is 16.0 Å². The molecule has 46 valence electrons. The lowest BCUT2D eigenvalue weighted by atomic mass is 10.2. The van der Waals surface area contributed by atoms with E-state index in [2.05, 4.69) is 6.58 Å². The summed E-state index contributed by atoms with van der Waals surface area (Å²) in [4.78, 5) is 10.5. The van der Waals surface area contributed by atoms with Gasteiger partial charge < -0.3 is 0 Å². The normalized spacial score (nSPS) is 9.00. The average molecular weight is 128 g/mol. The molecule has 0 aliphatic rings. The Morgan fingerprint density at radius 1 is 1.75 bits per heavy atom. The summed E-state index contributed by atoms with van der Waals surface area (Å²) in [7, 11) is 1.21. The Hall–Kier alpha value is -0.373. The van der Waals surface area contributed by atoms with Gasteiger partial charge in [0.2, 0.25) is 0 Å². The number of allylic oxidation sites excluding steroid dienone is 1. The van der Waals surface area contributed by atoms with Gasteiger partial charge in [-0.1, -0.05) is 12.6 Å². The summed E-state index contributed by atoms with van der Waals surface area (Å²) in [6, 6.07) is 1.22. The summed E-state index contributed by atoms with van der Waals surface area (Å²) in [6.45, 7) is 3.38. The van der Waals surface area contributed by atoms with E-state index < -0.39 is 0 Å². The number of carbonyl (C=O) groups is 1. The van der Waals surface area contributed by atoms with Gasteiger partial charge in [-0.25, -0.2) is 0 Å². The number of carbonyl (C=O) groups excluding carboxylic acids is 1. The Labute approximate surface area is 53.2 Å². The van der Waals surface area contributed by atoms with Crippen molar-refractivity contribution in [1.29, 1.82) is 0 Å². The number of hydrogen-bond acceptors (Lipinski definition) is 1. The molecule has 0 unspecified atom stereocenters. The van der Waals surface area contributed by atoms with E-state index in [4.69, 9.17) is 0 Å². The summed E-state index contributed by atoms with van der Waals surface area (Å²) in [6.07, 6.45) is 3.15. The molecule has 0 aromatic carbocycles. The SMILES string of the molecule is C=CC(=O)CCC[SiH3]. The predicted molar refractivity (Wildman–Crippen MR) is 39.2 cm³/mol. The quantitative estimate of drug-likeness (QED) is 0.393. The third-order valence-electron chi connectivity index (χ3n) is 1.00. The minimum Gasteiger partial charge on any atom is -0.295 e. The predicted octanol–water partition coefficient (Wildman–Crippen LogP) is 0.305. The second kappa shape index (κ2) is 4.78. The maximum absolute atomic E-state index is 10.5. The molecule has 0 N–H and O–H groups in total. The molecule has 0 fully saturated rings. The zero-order valence-corrected chi connectivity index (χ0v) is 7.31. The highest BCUT2D eigenvalue weighted by atomic mass is 28.1. The molecule has 0 saturated heterocycles. The van der Waals surface area contributed by atoms with Crippen LogP contribution in [0.3, 0.4) is 0 Å². The maximum Gasteiger partial charge on any atom is 0.155 e. The van der Waals surface area contributed by atoms with Crippen LogP contribution in [0.15, 0.2) is 12.7 Å². The summed E-state index contributed by atoms with van der Waals surface area (Å²) in [5.41, 5.74) is 0. The number of rotatable bonds is 4. The molecule has 0 saturated carbocycles. The van der Waals surface area contributed by atoms with Crippen LogP contribution in [0.5, 0.6) is 0 Å². The topological polar surface area (TPSA) is 17.1 Å². The van der Waals surface area contributed by atoms with Crippen LogP contribution in [0, 0.1) is 0 Å². The molecule has 0 aliphatic heterocycles. The minimum atomic E-state index is 0.181. The van der Waals surface area contributed by atoms with Crippen LogP contribution in [0.2, 0.25) is 6.04 Å². The third-order valence-corrected chi connectivity index (χ3v) is 1.71. The molecule has 8 heavy (non-hydrogen) atoms. The smallest absolute Gasteiger partial charge is 0.155 e. The fourth-order valence-corrected chi connectivity index (χ4v) is 0.807. The van der Waals surface area contributed by atoms with E-state index in [0.29, 0.717) is 6.42 Å². The van der Waals surface area contributed by atoms with E-state index in [0.717, 1.165) is 6.42 Å². The van der Waals surface area contributed by atoms with E-state index in [1.807, 2.05) is 0 Å². The molecular weight excluding hydrogens is 116 g/mol. The highest BCUT2D eigenvalue weighted by molar-refractivity contribution is 6.08. The summed E-state index contributed by atoms with van der Waals surface area (Å²) < 4.78 is 0. The van der Waals surface area contributed by atoms with E-state index in [-0.39, 0.29) is 5.78 Å². The molecule has 0 aliphatic carbocycles. The second-order valence-electron chi connectivity index (χ2n) is 1.77. The molecule has 0 atom stereocenters. The fourth-order valence-electron chi connectivity index (χ4n) is 0.453. The van der Waals surface area contributed by atoms with Crippen molar-refractivity contribution in [1.82, 2.24) is 0 Å². The lowest BCUT2D eigenvalue weighted by molar-refractivity contribution is -0.114. The highest BCUT2D eigenvalue weighted by Gasteiger charge is 1.90. The molecule has 2 heteroatoms. The molecular formula is C6H12OSi. The number of hydrogen-bond donors (Lipinski definition) is 0. The highest BCUT2D eigenvalue weighted by Crippen LogP contribution is 1.93. The van der Waals surface area contributed by atoms with Gasteiger partial charge >= 0.3 is 0 Å². The molecule has 0 aromatic rings. The van der Waals surface area contributed by atoms with Crippen molar-refractivity contribution in [2.75, 3.05) is 0 Å². The first kappa shape index (κ1) is 7.63. The van der Waals surface area contributed by atoms with Crippen LogP contribution in [0.4, 0.5) is 0 Å². The van der Waals surface area contributed by atoms with Crippen molar-refractivity contribution < 1.29 is 4.79 Å². The first-order valence-corrected chi connectivity index (χ1v) is 4.38. The lowest BCUT2D eigenvalue weighted by Gasteiger charge is -1.88. The molecule has 0 spiro atoms. The molecule has 0 radical (unpaired) electrons. The van der Waals surface area contributed by atoms with E-state index in [1.165, 1.54) is 22.4 Å². The van der Waals surface area contributed by atoms with Gasteiger partial charge in [0.25, 0.3) is 0 Å². The van der Waals surface area contributed by atoms with Gasteiger partial charge in [-0.2, -0.15) is 0 Å². The van der Waals surface area contributed by atoms with Crippen molar-refractivity contribution in [2.24, 2.45) is 0 Å². The minimum absolute atomic E-state index is 0.181. The van der Waals surface area contributed by atoms with E-state index in [9.17, 15) is 4.79 Å². The lowest BCUT2D eigenvalue weighted by Crippen LogP contribution is -1.89. The molecule has 0 rings (SSSR count). The van der Waals surface area contributed by atoms with Crippen LogP contribution in [0.1, 0.15) is 12.8 Å². The van der Waals surface area contributed by atoms with Crippen molar-refractivity contribution in [3.63, 3.8) is 0 Å². The Kier molecular flexibility index (Phi) is 4.55. The Balaban J connectivity index is 3.11.